The Morgan fingerprint density at radius 3 is 2.56 bits per heavy atom. The summed E-state index contributed by atoms with van der Waals surface area (Å²) >= 11 is 0. The number of nitrogens with zero attached hydrogens (tertiary/aromatic N) is 2. The molecule has 1 saturated carbocycles. The number of aryl methyl sites for hydroxylation is 1. The van der Waals surface area contributed by atoms with Crippen LogP contribution in [0.2, 0.25) is 0 Å². The lowest BCUT2D eigenvalue weighted by Gasteiger charge is -2.22. The third-order valence-electron chi connectivity index (χ3n) is 5.06. The molecule has 1 aliphatic carbocycles. The SMILES string of the molecule is CCOC1CC1C(=O)N1CCCN(C(=O)CCc2ccccc2)CC1. The van der Waals surface area contributed by atoms with Gasteiger partial charge in [0.2, 0.25) is 11.8 Å². The number of ether oxygens (including phenoxy) is 1. The van der Waals surface area contributed by atoms with Gasteiger partial charge in [0.05, 0.1) is 12.0 Å². The number of carbonyl (C=O) groups is 2. The van der Waals surface area contributed by atoms with Gasteiger partial charge in [-0.3, -0.25) is 9.59 Å². The van der Waals surface area contributed by atoms with Gasteiger partial charge in [-0.2, -0.15) is 0 Å². The maximum Gasteiger partial charge on any atom is 0.228 e. The second-order valence-corrected chi connectivity index (χ2v) is 6.88. The van der Waals surface area contributed by atoms with Gasteiger partial charge in [-0.05, 0) is 31.7 Å². The fraction of sp³-hybridized carbons (Fsp3) is 0.600. The molecule has 1 aromatic rings. The summed E-state index contributed by atoms with van der Waals surface area (Å²) < 4.78 is 5.53. The number of carbonyl (C=O) groups excluding carboxylic acids is 2. The first kappa shape index (κ1) is 17.9. The molecular weight excluding hydrogens is 316 g/mol. The van der Waals surface area contributed by atoms with Crippen molar-refractivity contribution in [3.8, 4) is 0 Å². The minimum atomic E-state index is 0.0419. The highest BCUT2D eigenvalue weighted by atomic mass is 16.5. The Morgan fingerprint density at radius 1 is 1.08 bits per heavy atom. The molecule has 1 aromatic carbocycles. The van der Waals surface area contributed by atoms with E-state index in [1.165, 1.54) is 5.56 Å². The van der Waals surface area contributed by atoms with Gasteiger partial charge >= 0.3 is 0 Å². The van der Waals surface area contributed by atoms with Crippen LogP contribution in [0.4, 0.5) is 0 Å². The summed E-state index contributed by atoms with van der Waals surface area (Å²) in [6, 6.07) is 10.1. The molecule has 1 heterocycles. The van der Waals surface area contributed by atoms with Gasteiger partial charge < -0.3 is 14.5 Å². The van der Waals surface area contributed by atoms with Crippen LogP contribution in [0.1, 0.15) is 31.7 Å². The molecule has 2 aliphatic rings. The molecule has 136 valence electrons. The average Bonchev–Trinajstić information content (AvgIpc) is 3.43. The summed E-state index contributed by atoms with van der Waals surface area (Å²) in [4.78, 5) is 28.9. The second-order valence-electron chi connectivity index (χ2n) is 6.88. The molecule has 2 amide bonds. The maximum atomic E-state index is 12.5. The molecule has 0 N–H and O–H groups in total. The van der Waals surface area contributed by atoms with Crippen LogP contribution in [-0.2, 0) is 20.7 Å². The van der Waals surface area contributed by atoms with Crippen molar-refractivity contribution in [3.63, 3.8) is 0 Å². The molecule has 1 aliphatic heterocycles. The van der Waals surface area contributed by atoms with E-state index >= 15 is 0 Å². The monoisotopic (exact) mass is 344 g/mol. The van der Waals surface area contributed by atoms with Gasteiger partial charge in [0.15, 0.2) is 0 Å². The van der Waals surface area contributed by atoms with Crippen molar-refractivity contribution in [3.05, 3.63) is 35.9 Å². The highest BCUT2D eigenvalue weighted by molar-refractivity contribution is 5.82. The summed E-state index contributed by atoms with van der Waals surface area (Å²) in [5, 5.41) is 0. The van der Waals surface area contributed by atoms with Crippen LogP contribution in [0.5, 0.6) is 0 Å². The van der Waals surface area contributed by atoms with Crippen LogP contribution in [0.25, 0.3) is 0 Å². The van der Waals surface area contributed by atoms with Gasteiger partial charge in [-0.1, -0.05) is 30.3 Å². The lowest BCUT2D eigenvalue weighted by atomic mass is 10.1. The van der Waals surface area contributed by atoms with Crippen molar-refractivity contribution in [2.75, 3.05) is 32.8 Å². The zero-order valence-corrected chi connectivity index (χ0v) is 15.0. The lowest BCUT2D eigenvalue weighted by molar-refractivity contribution is -0.135. The Labute approximate surface area is 149 Å². The van der Waals surface area contributed by atoms with E-state index in [-0.39, 0.29) is 23.8 Å². The molecule has 0 aromatic heterocycles. The van der Waals surface area contributed by atoms with Crippen LogP contribution in [0.3, 0.4) is 0 Å². The van der Waals surface area contributed by atoms with Crippen molar-refractivity contribution in [2.45, 2.75) is 38.7 Å². The van der Waals surface area contributed by atoms with Crippen molar-refractivity contribution >= 4 is 11.8 Å². The quantitative estimate of drug-likeness (QED) is 0.794. The van der Waals surface area contributed by atoms with E-state index in [9.17, 15) is 9.59 Å². The van der Waals surface area contributed by atoms with Gasteiger partial charge in [0, 0.05) is 39.2 Å². The number of rotatable bonds is 6. The minimum absolute atomic E-state index is 0.0419. The molecular formula is C20H28N2O3. The molecule has 5 nitrogen and oxygen atoms in total. The summed E-state index contributed by atoms with van der Waals surface area (Å²) in [7, 11) is 0. The lowest BCUT2D eigenvalue weighted by Crippen LogP contribution is -2.38. The average molecular weight is 344 g/mol. The Hall–Kier alpha value is -1.88. The van der Waals surface area contributed by atoms with E-state index in [4.69, 9.17) is 4.74 Å². The molecule has 3 rings (SSSR count). The van der Waals surface area contributed by atoms with Crippen molar-refractivity contribution in [1.82, 2.24) is 9.80 Å². The number of amides is 2. The van der Waals surface area contributed by atoms with E-state index in [1.807, 2.05) is 34.9 Å². The normalized spacial score (nSPS) is 23.2. The smallest absolute Gasteiger partial charge is 0.228 e. The molecule has 2 fully saturated rings. The Balaban J connectivity index is 1.45. The Kier molecular flexibility index (Phi) is 6.08. The first-order chi connectivity index (χ1) is 12.2. The minimum Gasteiger partial charge on any atom is -0.378 e. The van der Waals surface area contributed by atoms with Crippen LogP contribution >= 0.6 is 0 Å². The fourth-order valence-corrected chi connectivity index (χ4v) is 3.51. The van der Waals surface area contributed by atoms with Crippen molar-refractivity contribution < 1.29 is 14.3 Å². The first-order valence-electron chi connectivity index (χ1n) is 9.41. The van der Waals surface area contributed by atoms with E-state index in [0.29, 0.717) is 26.1 Å². The third kappa shape index (κ3) is 4.82. The standard InChI is InChI=1S/C20H28N2O3/c1-2-25-18-15-17(18)20(24)22-12-6-11-21(13-14-22)19(23)10-9-16-7-4-3-5-8-16/h3-5,7-8,17-18H,2,6,9-15H2,1H3. The Morgan fingerprint density at radius 2 is 1.80 bits per heavy atom. The van der Waals surface area contributed by atoms with Crippen LogP contribution in [0, 0.1) is 5.92 Å². The molecule has 5 heteroatoms. The first-order valence-corrected chi connectivity index (χ1v) is 9.41. The van der Waals surface area contributed by atoms with E-state index < -0.39 is 0 Å². The van der Waals surface area contributed by atoms with E-state index in [0.717, 1.165) is 32.4 Å². The zero-order chi connectivity index (χ0) is 17.6. The maximum absolute atomic E-state index is 12.5. The summed E-state index contributed by atoms with van der Waals surface area (Å²) in [5.41, 5.74) is 1.19. The number of benzene rings is 1. The molecule has 25 heavy (non-hydrogen) atoms. The van der Waals surface area contributed by atoms with Gasteiger partial charge in [-0.15, -0.1) is 0 Å². The predicted octanol–water partition coefficient (Wildman–Crippen LogP) is 2.11. The third-order valence-corrected chi connectivity index (χ3v) is 5.06. The van der Waals surface area contributed by atoms with Crippen LogP contribution in [0.15, 0.2) is 30.3 Å². The highest BCUT2D eigenvalue weighted by Gasteiger charge is 2.45. The second kappa shape index (κ2) is 8.48. The summed E-state index contributed by atoms with van der Waals surface area (Å²) in [5.74, 6) is 0.439. The van der Waals surface area contributed by atoms with Crippen LogP contribution < -0.4 is 0 Å². The van der Waals surface area contributed by atoms with Gasteiger partial charge in [0.1, 0.15) is 0 Å². The highest BCUT2D eigenvalue weighted by Crippen LogP contribution is 2.35. The number of hydrogen-bond acceptors (Lipinski definition) is 3. The Bertz CT molecular complexity index is 590. The van der Waals surface area contributed by atoms with E-state index in [1.54, 1.807) is 0 Å². The number of hydrogen-bond donors (Lipinski definition) is 0. The molecule has 0 radical (unpaired) electrons. The molecule has 1 saturated heterocycles. The zero-order valence-electron chi connectivity index (χ0n) is 15.0. The topological polar surface area (TPSA) is 49.9 Å². The fourth-order valence-electron chi connectivity index (χ4n) is 3.51. The molecule has 2 atom stereocenters. The van der Waals surface area contributed by atoms with Crippen molar-refractivity contribution in [2.24, 2.45) is 5.92 Å². The molecule has 0 bridgehead atoms. The largest absolute Gasteiger partial charge is 0.378 e. The van der Waals surface area contributed by atoms with Gasteiger partial charge in [-0.25, -0.2) is 0 Å². The van der Waals surface area contributed by atoms with Crippen molar-refractivity contribution in [1.29, 1.82) is 0 Å². The van der Waals surface area contributed by atoms with Crippen LogP contribution in [-0.4, -0.2) is 60.5 Å². The summed E-state index contributed by atoms with van der Waals surface area (Å²) in [6.45, 7) is 5.41. The molecule has 0 spiro atoms. The predicted molar refractivity (Wildman–Crippen MR) is 96.1 cm³/mol. The van der Waals surface area contributed by atoms with Gasteiger partial charge in [0.25, 0.3) is 0 Å². The molecule has 2 unspecified atom stereocenters. The summed E-state index contributed by atoms with van der Waals surface area (Å²) in [6.07, 6.45) is 3.13. The van der Waals surface area contributed by atoms with E-state index in [2.05, 4.69) is 12.1 Å².